The van der Waals surface area contributed by atoms with Crippen LogP contribution in [-0.2, 0) is 0 Å². The second-order valence-corrected chi connectivity index (χ2v) is 8.82. The van der Waals surface area contributed by atoms with Crippen LogP contribution in [0.1, 0.15) is 71.6 Å². The molecule has 4 aliphatic carbocycles. The molecule has 6 atom stereocenters. The van der Waals surface area contributed by atoms with Crippen LogP contribution in [0.5, 0.6) is 0 Å². The average molecular weight is 271 g/mol. The minimum Gasteiger partial charge on any atom is -0.0993 e. The highest BCUT2D eigenvalue weighted by atomic mass is 14.6. The molecule has 1 radical (unpaired) electrons. The average Bonchev–Trinajstić information content (AvgIpc) is 2.74. The topological polar surface area (TPSA) is 0 Å². The van der Waals surface area contributed by atoms with Gasteiger partial charge in [0.2, 0.25) is 0 Å². The van der Waals surface area contributed by atoms with Gasteiger partial charge in [-0.3, -0.25) is 0 Å². The zero-order chi connectivity index (χ0) is 14.0. The fourth-order valence-electron chi connectivity index (χ4n) is 6.95. The molecule has 6 unspecified atom stereocenters. The van der Waals surface area contributed by atoms with Crippen LogP contribution >= 0.6 is 0 Å². The Morgan fingerprint density at radius 1 is 1.05 bits per heavy atom. The standard InChI is InChI=1S/C20H31/c1-14-7-10-17-16-9-8-15-6-4-5-12-20(15,3)18(16)11-13-19(14,17)2/h4,15-18H,1,5-13H2,2-3H3. The number of allylic oxidation sites excluding steroid dienone is 1. The summed E-state index contributed by atoms with van der Waals surface area (Å²) < 4.78 is 0. The van der Waals surface area contributed by atoms with Crippen LogP contribution in [-0.4, -0.2) is 0 Å². The van der Waals surface area contributed by atoms with E-state index in [9.17, 15) is 0 Å². The van der Waals surface area contributed by atoms with E-state index in [0.29, 0.717) is 10.8 Å². The smallest absolute Gasteiger partial charge is 0.00879 e. The maximum atomic E-state index is 4.44. The molecular weight excluding hydrogens is 240 g/mol. The molecule has 0 heteroatoms. The molecule has 0 aromatic heterocycles. The summed E-state index contributed by atoms with van der Waals surface area (Å²) in [7, 11) is 0. The van der Waals surface area contributed by atoms with Crippen LogP contribution < -0.4 is 0 Å². The van der Waals surface area contributed by atoms with Crippen molar-refractivity contribution in [3.05, 3.63) is 18.6 Å². The van der Waals surface area contributed by atoms with Crippen LogP contribution in [0.4, 0.5) is 0 Å². The van der Waals surface area contributed by atoms with Crippen molar-refractivity contribution >= 4 is 0 Å². The summed E-state index contributed by atoms with van der Waals surface area (Å²) in [5, 5.41) is 0. The first-order valence-electron chi connectivity index (χ1n) is 9.05. The van der Waals surface area contributed by atoms with Gasteiger partial charge in [-0.15, -0.1) is 0 Å². The lowest BCUT2D eigenvalue weighted by Crippen LogP contribution is -2.52. The van der Waals surface area contributed by atoms with E-state index in [0.717, 1.165) is 23.7 Å². The maximum absolute atomic E-state index is 4.44. The molecule has 0 aliphatic heterocycles. The first kappa shape index (κ1) is 13.4. The highest BCUT2D eigenvalue weighted by Gasteiger charge is 2.57. The van der Waals surface area contributed by atoms with Crippen molar-refractivity contribution < 1.29 is 0 Å². The summed E-state index contributed by atoms with van der Waals surface area (Å²) in [6.07, 6.45) is 15.6. The molecule has 4 fully saturated rings. The van der Waals surface area contributed by atoms with Crippen LogP contribution in [0.3, 0.4) is 0 Å². The van der Waals surface area contributed by atoms with Gasteiger partial charge in [0.1, 0.15) is 0 Å². The summed E-state index contributed by atoms with van der Waals surface area (Å²) in [6.45, 7) is 9.65. The van der Waals surface area contributed by atoms with Gasteiger partial charge in [0, 0.05) is 0 Å². The van der Waals surface area contributed by atoms with Gasteiger partial charge in [0.05, 0.1) is 0 Å². The first-order chi connectivity index (χ1) is 9.56. The fourth-order valence-corrected chi connectivity index (χ4v) is 6.95. The zero-order valence-corrected chi connectivity index (χ0v) is 13.5. The number of hydrogen-bond acceptors (Lipinski definition) is 0. The molecule has 0 N–H and O–H groups in total. The Morgan fingerprint density at radius 2 is 1.90 bits per heavy atom. The summed E-state index contributed by atoms with van der Waals surface area (Å²) >= 11 is 0. The number of hydrogen-bond donors (Lipinski definition) is 0. The molecular formula is C20H31. The van der Waals surface area contributed by atoms with E-state index >= 15 is 0 Å². The molecule has 0 spiro atoms. The van der Waals surface area contributed by atoms with E-state index in [2.05, 4.69) is 26.8 Å². The predicted octanol–water partition coefficient (Wildman–Crippen LogP) is 5.79. The van der Waals surface area contributed by atoms with Crippen molar-refractivity contribution in [3.8, 4) is 0 Å². The molecule has 0 amide bonds. The van der Waals surface area contributed by atoms with Crippen LogP contribution in [0.2, 0.25) is 0 Å². The van der Waals surface area contributed by atoms with Crippen LogP contribution in [0.25, 0.3) is 0 Å². The van der Waals surface area contributed by atoms with Crippen LogP contribution in [0.15, 0.2) is 12.2 Å². The normalized spacial score (nSPS) is 55.0. The number of rotatable bonds is 0. The highest BCUT2D eigenvalue weighted by molar-refractivity contribution is 5.21. The molecule has 4 rings (SSSR count). The van der Waals surface area contributed by atoms with Crippen molar-refractivity contribution in [1.29, 1.82) is 0 Å². The lowest BCUT2D eigenvalue weighted by atomic mass is 9.45. The summed E-state index contributed by atoms with van der Waals surface area (Å²) in [5.41, 5.74) is 2.76. The lowest BCUT2D eigenvalue weighted by Gasteiger charge is -2.60. The molecule has 0 saturated heterocycles. The van der Waals surface area contributed by atoms with Crippen molar-refractivity contribution in [2.45, 2.75) is 71.6 Å². The Morgan fingerprint density at radius 3 is 2.75 bits per heavy atom. The molecule has 0 heterocycles. The molecule has 4 aliphatic rings. The van der Waals surface area contributed by atoms with Gasteiger partial charge in [-0.2, -0.15) is 0 Å². The molecule has 111 valence electrons. The molecule has 0 bridgehead atoms. The SMILES string of the molecule is C=C1CCC2C3CCC4C[CH]CCC4(C)C3CCC12C. The van der Waals surface area contributed by atoms with Gasteiger partial charge in [0.15, 0.2) is 0 Å². The van der Waals surface area contributed by atoms with E-state index < -0.39 is 0 Å². The summed E-state index contributed by atoms with van der Waals surface area (Å²) in [6, 6.07) is 0. The molecule has 0 aromatic rings. The Kier molecular flexibility index (Phi) is 2.93. The number of fused-ring (bicyclic) bond motifs is 5. The van der Waals surface area contributed by atoms with Gasteiger partial charge in [-0.05, 0) is 98.7 Å². The second kappa shape index (κ2) is 4.37. The highest BCUT2D eigenvalue weighted by Crippen LogP contribution is 2.66. The lowest BCUT2D eigenvalue weighted by molar-refractivity contribution is -0.0910. The molecule has 0 nitrogen and oxygen atoms in total. The largest absolute Gasteiger partial charge is 0.0993 e. The Hall–Kier alpha value is -0.260. The van der Waals surface area contributed by atoms with Gasteiger partial charge in [-0.1, -0.05) is 26.0 Å². The minimum absolute atomic E-state index is 0.505. The molecule has 4 saturated carbocycles. The quantitative estimate of drug-likeness (QED) is 0.489. The van der Waals surface area contributed by atoms with Gasteiger partial charge in [-0.25, -0.2) is 0 Å². The van der Waals surface area contributed by atoms with Crippen molar-refractivity contribution in [2.75, 3.05) is 0 Å². The molecule has 0 aromatic carbocycles. The summed E-state index contributed by atoms with van der Waals surface area (Å²) in [5.74, 6) is 4.02. The van der Waals surface area contributed by atoms with Crippen molar-refractivity contribution in [1.82, 2.24) is 0 Å². The predicted molar refractivity (Wildman–Crippen MR) is 85.2 cm³/mol. The van der Waals surface area contributed by atoms with Gasteiger partial charge in [0.25, 0.3) is 0 Å². The summed E-state index contributed by atoms with van der Waals surface area (Å²) in [4.78, 5) is 0. The van der Waals surface area contributed by atoms with Gasteiger partial charge >= 0.3 is 0 Å². The Labute approximate surface area is 125 Å². The van der Waals surface area contributed by atoms with Gasteiger partial charge < -0.3 is 0 Å². The first-order valence-corrected chi connectivity index (χ1v) is 9.05. The zero-order valence-electron chi connectivity index (χ0n) is 13.5. The van der Waals surface area contributed by atoms with E-state index in [4.69, 9.17) is 0 Å². The fraction of sp³-hybridized carbons (Fsp3) is 0.850. The third-order valence-electron chi connectivity index (χ3n) is 8.36. The van der Waals surface area contributed by atoms with E-state index in [1.807, 2.05) is 0 Å². The van der Waals surface area contributed by atoms with Crippen molar-refractivity contribution in [3.63, 3.8) is 0 Å². The second-order valence-electron chi connectivity index (χ2n) is 8.82. The monoisotopic (exact) mass is 271 g/mol. The molecule has 20 heavy (non-hydrogen) atoms. The van der Waals surface area contributed by atoms with E-state index in [1.54, 1.807) is 5.57 Å². The van der Waals surface area contributed by atoms with E-state index in [-0.39, 0.29) is 0 Å². The third kappa shape index (κ3) is 1.60. The Balaban J connectivity index is 1.66. The maximum Gasteiger partial charge on any atom is -0.00879 e. The third-order valence-corrected chi connectivity index (χ3v) is 8.36. The minimum atomic E-state index is 0.505. The van der Waals surface area contributed by atoms with E-state index in [1.165, 1.54) is 57.8 Å². The van der Waals surface area contributed by atoms with Crippen LogP contribution in [0, 0.1) is 40.9 Å². The Bertz CT molecular complexity index is 422. The van der Waals surface area contributed by atoms with Crippen molar-refractivity contribution in [2.24, 2.45) is 34.5 Å².